The molecule has 1 heterocycles. The summed E-state index contributed by atoms with van der Waals surface area (Å²) in [5.74, 6) is 0. The molecule has 3 aromatic rings. The molecule has 2 aromatic carbocycles. The summed E-state index contributed by atoms with van der Waals surface area (Å²) in [5, 5.41) is 1.89. The van der Waals surface area contributed by atoms with E-state index in [1.165, 1.54) is 0 Å². The van der Waals surface area contributed by atoms with Crippen LogP contribution in [0.1, 0.15) is 13.8 Å². The maximum Gasteiger partial charge on any atom is 0.154 e. The van der Waals surface area contributed by atoms with Gasteiger partial charge in [-0.3, -0.25) is 0 Å². The van der Waals surface area contributed by atoms with Crippen molar-refractivity contribution < 1.29 is 0 Å². The smallest absolute Gasteiger partial charge is 0.154 e. The average Bonchev–Trinajstić information content (AvgIpc) is 2.52. The molecule has 1 aromatic heterocycles. The molecule has 0 amide bonds. The van der Waals surface area contributed by atoms with E-state index in [2.05, 4.69) is 39.7 Å². The van der Waals surface area contributed by atoms with Crippen LogP contribution >= 0.6 is 39.1 Å². The quantitative estimate of drug-likeness (QED) is 0.439. The summed E-state index contributed by atoms with van der Waals surface area (Å²) in [4.78, 5) is 6.63. The molecule has 0 saturated carbocycles. The number of fused-ring (bicyclic) bond motifs is 1. The lowest BCUT2D eigenvalue weighted by atomic mass is 10.1. The van der Waals surface area contributed by atoms with Crippen molar-refractivity contribution in [3.05, 3.63) is 63.2 Å². The first-order valence-electron chi connectivity index (χ1n) is 7.27. The van der Waals surface area contributed by atoms with Gasteiger partial charge in [0, 0.05) is 21.6 Å². The van der Waals surface area contributed by atoms with Gasteiger partial charge in [-0.25, -0.2) is 4.98 Å². The zero-order chi connectivity index (χ0) is 16.6. The van der Waals surface area contributed by atoms with Crippen LogP contribution < -0.4 is 4.90 Å². The van der Waals surface area contributed by atoms with Gasteiger partial charge < -0.3 is 4.90 Å². The molecule has 5 heteroatoms. The van der Waals surface area contributed by atoms with Crippen molar-refractivity contribution in [3.8, 4) is 0 Å². The molecule has 0 spiro atoms. The van der Waals surface area contributed by atoms with Crippen molar-refractivity contribution in [2.45, 2.75) is 19.9 Å². The first-order chi connectivity index (χ1) is 11.0. The number of pyridine rings is 1. The van der Waals surface area contributed by atoms with Gasteiger partial charge in [0.05, 0.1) is 16.2 Å². The van der Waals surface area contributed by atoms with Crippen LogP contribution in [-0.4, -0.2) is 11.0 Å². The Kier molecular flexibility index (Phi) is 4.81. The molecule has 2 nitrogen and oxygen atoms in total. The zero-order valence-corrected chi connectivity index (χ0v) is 15.8. The number of halogens is 3. The van der Waals surface area contributed by atoms with Gasteiger partial charge in [-0.2, -0.15) is 0 Å². The third-order valence-corrected chi connectivity index (χ3v) is 4.75. The molecule has 0 unspecified atom stereocenters. The summed E-state index contributed by atoms with van der Waals surface area (Å²) in [6.45, 7) is 4.20. The van der Waals surface area contributed by atoms with Crippen LogP contribution in [0.3, 0.4) is 0 Å². The van der Waals surface area contributed by atoms with Crippen LogP contribution in [0.5, 0.6) is 0 Å². The van der Waals surface area contributed by atoms with Crippen molar-refractivity contribution in [2.75, 3.05) is 4.90 Å². The summed E-state index contributed by atoms with van der Waals surface area (Å²) in [6.07, 6.45) is 0. The first-order valence-corrected chi connectivity index (χ1v) is 8.82. The molecule has 0 aliphatic heterocycles. The number of benzene rings is 2. The number of para-hydroxylation sites is 1. The van der Waals surface area contributed by atoms with Crippen molar-refractivity contribution in [1.29, 1.82) is 0 Å². The number of aromatic nitrogens is 1. The predicted octanol–water partition coefficient (Wildman–Crippen LogP) is 6.85. The lowest BCUT2D eigenvalue weighted by Crippen LogP contribution is -2.26. The molecule has 118 valence electrons. The molecule has 0 radical (unpaired) electrons. The van der Waals surface area contributed by atoms with Crippen molar-refractivity contribution in [1.82, 2.24) is 4.98 Å². The standard InChI is InChI=1S/C18H15BrCl2N2/c1-11(2)23(13-6-4-3-5-7-13)17-16(20)14-10-12(19)8-9-15(14)22-18(17)21/h3-11H,1-2H3. The number of rotatable bonds is 3. The highest BCUT2D eigenvalue weighted by atomic mass is 79.9. The van der Waals surface area contributed by atoms with Gasteiger partial charge >= 0.3 is 0 Å². The van der Waals surface area contributed by atoms with Gasteiger partial charge in [-0.05, 0) is 44.2 Å². The molecule has 0 atom stereocenters. The summed E-state index contributed by atoms with van der Waals surface area (Å²) in [7, 11) is 0. The Morgan fingerprint density at radius 1 is 1.04 bits per heavy atom. The highest BCUT2D eigenvalue weighted by Crippen LogP contribution is 2.42. The van der Waals surface area contributed by atoms with Crippen LogP contribution in [0.4, 0.5) is 11.4 Å². The van der Waals surface area contributed by atoms with Crippen molar-refractivity contribution >= 4 is 61.4 Å². The Morgan fingerprint density at radius 3 is 2.39 bits per heavy atom. The fourth-order valence-corrected chi connectivity index (χ4v) is 3.66. The molecule has 0 bridgehead atoms. The second-order valence-electron chi connectivity index (χ2n) is 5.53. The Bertz CT molecular complexity index is 851. The number of nitrogens with zero attached hydrogens (tertiary/aromatic N) is 2. The molecule has 0 fully saturated rings. The van der Waals surface area contributed by atoms with Gasteiger partial charge in [0.25, 0.3) is 0 Å². The minimum absolute atomic E-state index is 0.179. The lowest BCUT2D eigenvalue weighted by molar-refractivity contribution is 0.788. The van der Waals surface area contributed by atoms with Crippen molar-refractivity contribution in [2.24, 2.45) is 0 Å². The van der Waals surface area contributed by atoms with Crippen LogP contribution in [0.25, 0.3) is 10.9 Å². The third-order valence-electron chi connectivity index (χ3n) is 3.61. The molecule has 0 saturated heterocycles. The van der Waals surface area contributed by atoms with Gasteiger partial charge in [0.1, 0.15) is 0 Å². The van der Waals surface area contributed by atoms with Gasteiger partial charge in [-0.1, -0.05) is 57.3 Å². The Labute approximate surface area is 154 Å². The Morgan fingerprint density at radius 2 is 1.74 bits per heavy atom. The summed E-state index contributed by atoms with van der Waals surface area (Å²) in [6, 6.07) is 16.0. The molecule has 23 heavy (non-hydrogen) atoms. The van der Waals surface area contributed by atoms with Gasteiger partial charge in [0.15, 0.2) is 5.15 Å². The van der Waals surface area contributed by atoms with E-state index in [0.29, 0.717) is 10.2 Å². The Balaban J connectivity index is 2.28. The van der Waals surface area contributed by atoms with E-state index in [1.54, 1.807) is 0 Å². The minimum atomic E-state index is 0.179. The predicted molar refractivity (Wildman–Crippen MR) is 103 cm³/mol. The van der Waals surface area contributed by atoms with Crippen LogP contribution in [0, 0.1) is 0 Å². The molecular formula is C18H15BrCl2N2. The zero-order valence-electron chi connectivity index (χ0n) is 12.7. The average molecular weight is 410 g/mol. The van der Waals surface area contributed by atoms with E-state index in [4.69, 9.17) is 23.2 Å². The number of hydrogen-bond acceptors (Lipinski definition) is 2. The fraction of sp³-hybridized carbons (Fsp3) is 0.167. The SMILES string of the molecule is CC(C)N(c1ccccc1)c1c(Cl)nc2ccc(Br)cc2c1Cl. The van der Waals surface area contributed by atoms with Crippen LogP contribution in [0.2, 0.25) is 10.2 Å². The molecule has 3 rings (SSSR count). The Hall–Kier alpha value is -1.29. The highest BCUT2D eigenvalue weighted by Gasteiger charge is 2.22. The molecule has 0 aliphatic carbocycles. The fourth-order valence-electron chi connectivity index (χ4n) is 2.64. The van der Waals surface area contributed by atoms with Gasteiger partial charge in [0.2, 0.25) is 0 Å². The topological polar surface area (TPSA) is 16.1 Å². The summed E-state index contributed by atoms with van der Waals surface area (Å²) >= 11 is 16.7. The minimum Gasteiger partial charge on any atom is -0.335 e. The highest BCUT2D eigenvalue weighted by molar-refractivity contribution is 9.10. The second kappa shape index (κ2) is 6.68. The van der Waals surface area contributed by atoms with E-state index in [0.717, 1.165) is 26.8 Å². The number of anilines is 2. The van der Waals surface area contributed by atoms with E-state index in [-0.39, 0.29) is 6.04 Å². The van der Waals surface area contributed by atoms with E-state index >= 15 is 0 Å². The second-order valence-corrected chi connectivity index (χ2v) is 7.18. The summed E-state index contributed by atoms with van der Waals surface area (Å²) < 4.78 is 0.956. The van der Waals surface area contributed by atoms with Gasteiger partial charge in [-0.15, -0.1) is 0 Å². The molecule has 0 aliphatic rings. The monoisotopic (exact) mass is 408 g/mol. The maximum atomic E-state index is 6.72. The van der Waals surface area contributed by atoms with Crippen LogP contribution in [0.15, 0.2) is 53.0 Å². The number of hydrogen-bond donors (Lipinski definition) is 0. The van der Waals surface area contributed by atoms with E-state index in [1.807, 2.05) is 48.5 Å². The van der Waals surface area contributed by atoms with E-state index < -0.39 is 0 Å². The normalized spacial score (nSPS) is 11.2. The van der Waals surface area contributed by atoms with E-state index in [9.17, 15) is 0 Å². The lowest BCUT2D eigenvalue weighted by Gasteiger charge is -2.30. The molecular weight excluding hydrogens is 395 g/mol. The third kappa shape index (κ3) is 3.18. The summed E-state index contributed by atoms with van der Waals surface area (Å²) in [5.41, 5.74) is 2.55. The molecule has 0 N–H and O–H groups in total. The first kappa shape index (κ1) is 16.6. The van der Waals surface area contributed by atoms with Crippen molar-refractivity contribution in [3.63, 3.8) is 0 Å². The maximum absolute atomic E-state index is 6.72. The largest absolute Gasteiger partial charge is 0.335 e. The van der Waals surface area contributed by atoms with Crippen LogP contribution in [-0.2, 0) is 0 Å².